The van der Waals surface area contributed by atoms with Gasteiger partial charge in [-0.2, -0.15) is 0 Å². The monoisotopic (exact) mass is 494 g/mol. The molecule has 0 amide bonds. The molecule has 3 aromatic carbocycles. The van der Waals surface area contributed by atoms with Crippen molar-refractivity contribution in [3.05, 3.63) is 90.0 Å². The van der Waals surface area contributed by atoms with E-state index in [9.17, 15) is 9.59 Å². The molecule has 0 N–H and O–H groups in total. The molecule has 3 aromatic rings. The van der Waals surface area contributed by atoms with Crippen LogP contribution in [0.25, 0.3) is 0 Å². The van der Waals surface area contributed by atoms with Gasteiger partial charge >= 0.3 is 11.9 Å². The smallest absolute Gasteiger partial charge is 0.338 e. The summed E-state index contributed by atoms with van der Waals surface area (Å²) in [6, 6.07) is 24.7. The molecule has 35 heavy (non-hydrogen) atoms. The third kappa shape index (κ3) is 6.32. The van der Waals surface area contributed by atoms with Gasteiger partial charge in [0, 0.05) is 21.8 Å². The van der Waals surface area contributed by atoms with E-state index in [2.05, 4.69) is 0 Å². The Balaban J connectivity index is 2.31. The SMILES string of the molecule is COS(c1ccccc1)(c1ccccc1)c1cc(C(=O)OC(C)(C)C)cc(C(=O)OC(C)(C)C)c1. The van der Waals surface area contributed by atoms with E-state index in [4.69, 9.17) is 13.7 Å². The van der Waals surface area contributed by atoms with Gasteiger partial charge in [0.05, 0.1) is 11.1 Å². The molecule has 0 fully saturated rings. The van der Waals surface area contributed by atoms with Crippen LogP contribution in [0.4, 0.5) is 0 Å². The second-order valence-corrected chi connectivity index (χ2v) is 13.0. The molecule has 0 atom stereocenters. The van der Waals surface area contributed by atoms with Crippen LogP contribution in [0.15, 0.2) is 93.5 Å². The maximum Gasteiger partial charge on any atom is 0.338 e. The fraction of sp³-hybridized carbons (Fsp3) is 0.310. The predicted octanol–water partition coefficient (Wildman–Crippen LogP) is 7.44. The van der Waals surface area contributed by atoms with Gasteiger partial charge in [-0.25, -0.2) is 9.59 Å². The van der Waals surface area contributed by atoms with Gasteiger partial charge < -0.3 is 13.7 Å². The summed E-state index contributed by atoms with van der Waals surface area (Å²) in [6.07, 6.45) is 0. The predicted molar refractivity (Wildman–Crippen MR) is 139 cm³/mol. The van der Waals surface area contributed by atoms with Crippen LogP contribution in [0.5, 0.6) is 0 Å². The van der Waals surface area contributed by atoms with Crippen molar-refractivity contribution in [2.24, 2.45) is 0 Å². The molecule has 0 radical (unpaired) electrons. The van der Waals surface area contributed by atoms with Crippen molar-refractivity contribution >= 4 is 22.2 Å². The Morgan fingerprint density at radius 2 is 0.971 bits per heavy atom. The highest BCUT2D eigenvalue weighted by atomic mass is 32.3. The minimum absolute atomic E-state index is 0.263. The lowest BCUT2D eigenvalue weighted by Gasteiger charge is -2.39. The van der Waals surface area contributed by atoms with Crippen LogP contribution >= 0.6 is 10.3 Å². The summed E-state index contributed by atoms with van der Waals surface area (Å²) in [5.74, 6) is -1.04. The van der Waals surface area contributed by atoms with E-state index < -0.39 is 33.4 Å². The first-order valence-electron chi connectivity index (χ1n) is 11.5. The fourth-order valence-electron chi connectivity index (χ4n) is 3.60. The van der Waals surface area contributed by atoms with Crippen molar-refractivity contribution in [3.8, 4) is 0 Å². The Morgan fingerprint density at radius 1 is 0.600 bits per heavy atom. The Hall–Kier alpha value is -3.09. The molecule has 0 bridgehead atoms. The van der Waals surface area contributed by atoms with Crippen molar-refractivity contribution in [2.75, 3.05) is 7.11 Å². The lowest BCUT2D eigenvalue weighted by molar-refractivity contribution is 0.00676. The number of benzene rings is 3. The van der Waals surface area contributed by atoms with Gasteiger partial charge in [-0.3, -0.25) is 0 Å². The zero-order valence-corrected chi connectivity index (χ0v) is 22.3. The summed E-state index contributed by atoms with van der Waals surface area (Å²) in [5.41, 5.74) is -0.856. The average Bonchev–Trinajstić information content (AvgIpc) is 2.79. The fourth-order valence-corrected chi connectivity index (χ4v) is 6.66. The normalized spacial score (nSPS) is 12.7. The molecule has 0 saturated heterocycles. The van der Waals surface area contributed by atoms with E-state index in [0.717, 1.165) is 9.79 Å². The molecule has 0 unspecified atom stereocenters. The minimum atomic E-state index is -2.29. The number of ether oxygens (including phenoxy) is 2. The van der Waals surface area contributed by atoms with Crippen molar-refractivity contribution in [2.45, 2.75) is 67.4 Å². The first kappa shape index (κ1) is 26.5. The summed E-state index contributed by atoms with van der Waals surface area (Å²) in [6.45, 7) is 10.8. The average molecular weight is 495 g/mol. The Morgan fingerprint density at radius 3 is 1.29 bits per heavy atom. The van der Waals surface area contributed by atoms with Crippen molar-refractivity contribution < 1.29 is 23.2 Å². The number of esters is 2. The lowest BCUT2D eigenvalue weighted by Crippen LogP contribution is -2.25. The van der Waals surface area contributed by atoms with Crippen LogP contribution < -0.4 is 0 Å². The van der Waals surface area contributed by atoms with Gasteiger partial charge in [0.2, 0.25) is 0 Å². The first-order valence-corrected chi connectivity index (χ1v) is 13.0. The number of hydrogen-bond donors (Lipinski definition) is 0. The van der Waals surface area contributed by atoms with Crippen LogP contribution in [-0.2, 0) is 13.7 Å². The van der Waals surface area contributed by atoms with Gasteiger partial charge in [-0.1, -0.05) is 46.7 Å². The van der Waals surface area contributed by atoms with E-state index in [0.29, 0.717) is 4.90 Å². The highest BCUT2D eigenvalue weighted by Gasteiger charge is 2.34. The standard InChI is InChI=1S/C29H34O5S/c1-28(2,3)33-26(30)21-18-22(27(31)34-29(4,5)6)20-25(19-21)35(32-7,23-14-10-8-11-15-23)24-16-12-9-13-17-24/h8-20H,1-7H3. The molecule has 5 nitrogen and oxygen atoms in total. The van der Waals surface area contributed by atoms with E-state index >= 15 is 0 Å². The molecule has 0 aromatic heterocycles. The number of carbonyl (C=O) groups excluding carboxylic acids is 2. The Bertz CT molecular complexity index is 1090. The number of rotatable bonds is 6. The van der Waals surface area contributed by atoms with E-state index in [1.807, 2.05) is 102 Å². The van der Waals surface area contributed by atoms with Gasteiger partial charge in [-0.05, 0) is 84.0 Å². The molecule has 0 spiro atoms. The first-order chi connectivity index (χ1) is 16.4. The van der Waals surface area contributed by atoms with Crippen molar-refractivity contribution in [1.82, 2.24) is 0 Å². The quantitative estimate of drug-likeness (QED) is 0.333. The largest absolute Gasteiger partial charge is 0.456 e. The van der Waals surface area contributed by atoms with Crippen LogP contribution in [0.2, 0.25) is 0 Å². The zero-order chi connectivity index (χ0) is 25.9. The highest BCUT2D eigenvalue weighted by molar-refractivity contribution is 8.30. The maximum atomic E-state index is 13.2. The number of hydrogen-bond acceptors (Lipinski definition) is 5. The Labute approximate surface area is 209 Å². The third-order valence-electron chi connectivity index (χ3n) is 4.91. The molecule has 0 heterocycles. The third-order valence-corrected chi connectivity index (χ3v) is 8.18. The molecular formula is C29H34O5S. The van der Waals surface area contributed by atoms with E-state index in [1.165, 1.54) is 6.07 Å². The van der Waals surface area contributed by atoms with Crippen LogP contribution in [0.1, 0.15) is 62.3 Å². The van der Waals surface area contributed by atoms with Gasteiger partial charge in [0.15, 0.2) is 0 Å². The van der Waals surface area contributed by atoms with E-state index in [1.54, 1.807) is 19.2 Å². The maximum absolute atomic E-state index is 13.2. The molecule has 186 valence electrons. The molecule has 6 heteroatoms. The number of carbonyl (C=O) groups is 2. The molecular weight excluding hydrogens is 460 g/mol. The van der Waals surface area contributed by atoms with Gasteiger partial charge in [0.1, 0.15) is 11.2 Å². The highest BCUT2D eigenvalue weighted by Crippen LogP contribution is 2.68. The van der Waals surface area contributed by atoms with Crippen molar-refractivity contribution in [1.29, 1.82) is 0 Å². The summed E-state index contributed by atoms with van der Waals surface area (Å²) in [4.78, 5) is 28.9. The minimum Gasteiger partial charge on any atom is -0.456 e. The van der Waals surface area contributed by atoms with Gasteiger partial charge in [-0.15, -0.1) is 0 Å². The second kappa shape index (κ2) is 10.3. The van der Waals surface area contributed by atoms with Crippen LogP contribution in [0, 0.1) is 0 Å². The Kier molecular flexibility index (Phi) is 7.77. The molecule has 0 saturated carbocycles. The summed E-state index contributed by atoms with van der Waals surface area (Å²) in [5, 5.41) is 0. The summed E-state index contributed by atoms with van der Waals surface area (Å²) >= 11 is 0. The van der Waals surface area contributed by atoms with Crippen LogP contribution in [0.3, 0.4) is 0 Å². The summed E-state index contributed by atoms with van der Waals surface area (Å²) < 4.78 is 17.6. The second-order valence-electron chi connectivity index (χ2n) is 10.1. The lowest BCUT2D eigenvalue weighted by atomic mass is 10.1. The van der Waals surface area contributed by atoms with E-state index in [-0.39, 0.29) is 11.1 Å². The van der Waals surface area contributed by atoms with Crippen molar-refractivity contribution in [3.63, 3.8) is 0 Å². The topological polar surface area (TPSA) is 61.8 Å². The zero-order valence-electron chi connectivity index (χ0n) is 21.5. The van der Waals surface area contributed by atoms with Gasteiger partial charge in [0.25, 0.3) is 0 Å². The summed E-state index contributed by atoms with van der Waals surface area (Å²) in [7, 11) is -0.630. The molecule has 0 aliphatic heterocycles. The molecule has 3 rings (SSSR count). The van der Waals surface area contributed by atoms with Crippen LogP contribution in [-0.4, -0.2) is 30.3 Å². The molecule has 0 aliphatic rings. The molecule has 0 aliphatic carbocycles.